The Hall–Kier alpha value is -2.08. The number of amides is 1. The van der Waals surface area contributed by atoms with Gasteiger partial charge in [0.1, 0.15) is 6.04 Å². The summed E-state index contributed by atoms with van der Waals surface area (Å²) in [5, 5.41) is 2.79. The van der Waals surface area contributed by atoms with Crippen LogP contribution in [0.3, 0.4) is 0 Å². The normalized spacial score (nSPS) is 16.4. The number of esters is 1. The monoisotopic (exact) mass is 361 g/mol. The summed E-state index contributed by atoms with van der Waals surface area (Å²) in [6, 6.07) is 6.98. The van der Waals surface area contributed by atoms with E-state index in [2.05, 4.69) is 22.0 Å². The number of methoxy groups -OCH3 is 1. The Labute approximate surface area is 156 Å². The Morgan fingerprint density at radius 1 is 1.12 bits per heavy atom. The van der Waals surface area contributed by atoms with Crippen molar-refractivity contribution in [1.82, 2.24) is 10.2 Å². The fourth-order valence-corrected chi connectivity index (χ4v) is 3.22. The number of benzene rings is 1. The van der Waals surface area contributed by atoms with Crippen LogP contribution in [0.4, 0.5) is 5.69 Å². The first-order valence-electron chi connectivity index (χ1n) is 9.40. The lowest BCUT2D eigenvalue weighted by Gasteiger charge is -2.35. The molecule has 2 rings (SSSR count). The van der Waals surface area contributed by atoms with Crippen LogP contribution < -0.4 is 10.2 Å². The smallest absolute Gasteiger partial charge is 0.328 e. The van der Waals surface area contributed by atoms with Crippen LogP contribution in [0.15, 0.2) is 24.3 Å². The molecule has 0 saturated carbocycles. The van der Waals surface area contributed by atoms with Gasteiger partial charge in [0, 0.05) is 37.4 Å². The van der Waals surface area contributed by atoms with Gasteiger partial charge < -0.3 is 19.9 Å². The molecule has 0 unspecified atom stereocenters. The number of hydrogen-bond acceptors (Lipinski definition) is 5. The van der Waals surface area contributed by atoms with Gasteiger partial charge in [-0.25, -0.2) is 4.79 Å². The number of anilines is 1. The third-order valence-corrected chi connectivity index (χ3v) is 4.81. The molecule has 1 fully saturated rings. The summed E-state index contributed by atoms with van der Waals surface area (Å²) in [7, 11) is 1.34. The van der Waals surface area contributed by atoms with E-state index in [0.717, 1.165) is 38.4 Å². The van der Waals surface area contributed by atoms with Gasteiger partial charge in [-0.05, 0) is 43.1 Å². The van der Waals surface area contributed by atoms with Crippen molar-refractivity contribution in [3.63, 3.8) is 0 Å². The number of likely N-dealkylation sites (N-methyl/N-ethyl adjacent to an activating group) is 1. The highest BCUT2D eigenvalue weighted by Gasteiger charge is 2.23. The molecule has 144 valence electrons. The van der Waals surface area contributed by atoms with Crippen molar-refractivity contribution >= 4 is 17.6 Å². The molecule has 1 N–H and O–H groups in total. The first-order chi connectivity index (χ1) is 12.4. The number of nitrogens with zero attached hydrogens (tertiary/aromatic N) is 2. The van der Waals surface area contributed by atoms with Crippen molar-refractivity contribution < 1.29 is 14.3 Å². The molecule has 1 aromatic rings. The highest BCUT2D eigenvalue weighted by molar-refractivity contribution is 5.97. The van der Waals surface area contributed by atoms with Crippen LogP contribution in [0.25, 0.3) is 0 Å². The van der Waals surface area contributed by atoms with Crippen molar-refractivity contribution in [3.05, 3.63) is 29.8 Å². The van der Waals surface area contributed by atoms with E-state index in [0.29, 0.717) is 12.0 Å². The Balaban J connectivity index is 1.98. The van der Waals surface area contributed by atoms with Crippen molar-refractivity contribution in [3.8, 4) is 0 Å². The van der Waals surface area contributed by atoms with Crippen molar-refractivity contribution in [2.75, 3.05) is 44.7 Å². The Morgan fingerprint density at radius 2 is 1.73 bits per heavy atom. The maximum Gasteiger partial charge on any atom is 0.328 e. The lowest BCUT2D eigenvalue weighted by molar-refractivity contribution is -0.143. The highest BCUT2D eigenvalue weighted by atomic mass is 16.5. The summed E-state index contributed by atoms with van der Waals surface area (Å²) in [5.41, 5.74) is 1.68. The predicted molar refractivity (Wildman–Crippen MR) is 103 cm³/mol. The van der Waals surface area contributed by atoms with E-state index >= 15 is 0 Å². The van der Waals surface area contributed by atoms with Gasteiger partial charge in [-0.3, -0.25) is 4.79 Å². The van der Waals surface area contributed by atoms with E-state index in [4.69, 9.17) is 4.74 Å². The number of rotatable bonds is 7. The predicted octanol–water partition coefficient (Wildman–Crippen LogP) is 2.15. The molecule has 0 aromatic heterocycles. The minimum Gasteiger partial charge on any atom is -0.467 e. The van der Waals surface area contributed by atoms with E-state index in [1.807, 2.05) is 38.1 Å². The molecule has 1 aromatic carbocycles. The van der Waals surface area contributed by atoms with Gasteiger partial charge in [0.2, 0.25) is 0 Å². The summed E-state index contributed by atoms with van der Waals surface area (Å²) in [5.74, 6) is -0.371. The second-order valence-electron chi connectivity index (χ2n) is 7.15. The molecule has 6 nitrogen and oxygen atoms in total. The molecule has 0 spiro atoms. The summed E-state index contributed by atoms with van der Waals surface area (Å²) in [6.07, 6.45) is 0.554. The maximum absolute atomic E-state index is 12.5. The number of carbonyl (C=O) groups excluding carboxylic acids is 2. The van der Waals surface area contributed by atoms with Gasteiger partial charge in [0.05, 0.1) is 7.11 Å². The van der Waals surface area contributed by atoms with Gasteiger partial charge >= 0.3 is 5.97 Å². The fourth-order valence-electron chi connectivity index (χ4n) is 3.22. The molecule has 0 aliphatic carbocycles. The van der Waals surface area contributed by atoms with Gasteiger partial charge in [-0.2, -0.15) is 0 Å². The lowest BCUT2D eigenvalue weighted by Crippen LogP contribution is -2.46. The van der Waals surface area contributed by atoms with E-state index in [-0.39, 0.29) is 11.8 Å². The van der Waals surface area contributed by atoms with Crippen LogP contribution in [-0.4, -0.2) is 62.7 Å². The zero-order valence-electron chi connectivity index (χ0n) is 16.3. The molecule has 0 bridgehead atoms. The molecular formula is C20H31N3O3. The van der Waals surface area contributed by atoms with Crippen molar-refractivity contribution in [1.29, 1.82) is 0 Å². The molecule has 6 heteroatoms. The molecule has 1 heterocycles. The van der Waals surface area contributed by atoms with Crippen LogP contribution in [-0.2, 0) is 9.53 Å². The lowest BCUT2D eigenvalue weighted by atomic mass is 10.0. The SMILES string of the molecule is CCN1CCN(c2ccc(C(=O)N[C@@H](CC(C)C)C(=O)OC)cc2)CC1. The number of piperazine rings is 1. The van der Waals surface area contributed by atoms with E-state index in [1.165, 1.54) is 7.11 Å². The maximum atomic E-state index is 12.5. The average Bonchev–Trinajstić information content (AvgIpc) is 2.66. The number of hydrogen-bond donors (Lipinski definition) is 1. The Bertz CT molecular complexity index is 593. The molecule has 0 radical (unpaired) electrons. The summed E-state index contributed by atoms with van der Waals surface area (Å²) in [4.78, 5) is 29.1. The molecule has 1 aliphatic heterocycles. The topological polar surface area (TPSA) is 61.9 Å². The van der Waals surface area contributed by atoms with Crippen LogP contribution >= 0.6 is 0 Å². The largest absolute Gasteiger partial charge is 0.467 e. The minimum absolute atomic E-state index is 0.247. The van der Waals surface area contributed by atoms with Gasteiger partial charge in [-0.15, -0.1) is 0 Å². The van der Waals surface area contributed by atoms with Gasteiger partial charge in [0.15, 0.2) is 0 Å². The van der Waals surface area contributed by atoms with Crippen LogP contribution in [0.2, 0.25) is 0 Å². The van der Waals surface area contributed by atoms with Gasteiger partial charge in [0.25, 0.3) is 5.91 Å². The minimum atomic E-state index is -0.616. The standard InChI is InChI=1S/C20H31N3O3/c1-5-22-10-12-23(13-11-22)17-8-6-16(7-9-17)19(24)21-18(14-15(2)3)20(25)26-4/h6-9,15,18H,5,10-14H2,1-4H3,(H,21,24)/t18-/m0/s1. The van der Waals surface area contributed by atoms with Gasteiger partial charge in [-0.1, -0.05) is 20.8 Å². The van der Waals surface area contributed by atoms with Crippen LogP contribution in [0.5, 0.6) is 0 Å². The first kappa shape index (κ1) is 20.2. The second-order valence-corrected chi connectivity index (χ2v) is 7.15. The first-order valence-corrected chi connectivity index (χ1v) is 9.40. The molecule has 26 heavy (non-hydrogen) atoms. The number of nitrogens with one attached hydrogen (secondary N) is 1. The quantitative estimate of drug-likeness (QED) is 0.754. The Kier molecular flexibility index (Phi) is 7.45. The highest BCUT2D eigenvalue weighted by Crippen LogP contribution is 2.18. The number of carbonyl (C=O) groups is 2. The molecule has 1 aliphatic rings. The third-order valence-electron chi connectivity index (χ3n) is 4.81. The third kappa shape index (κ3) is 5.46. The Morgan fingerprint density at radius 3 is 2.23 bits per heavy atom. The number of ether oxygens (including phenoxy) is 1. The van der Waals surface area contributed by atoms with Crippen LogP contribution in [0, 0.1) is 5.92 Å². The summed E-state index contributed by atoms with van der Waals surface area (Å²) >= 11 is 0. The summed E-state index contributed by atoms with van der Waals surface area (Å²) in [6.45, 7) is 11.4. The zero-order valence-corrected chi connectivity index (χ0v) is 16.3. The molecule has 1 amide bonds. The fraction of sp³-hybridized carbons (Fsp3) is 0.600. The van der Waals surface area contributed by atoms with E-state index in [1.54, 1.807) is 0 Å². The van der Waals surface area contributed by atoms with Crippen LogP contribution in [0.1, 0.15) is 37.6 Å². The van der Waals surface area contributed by atoms with E-state index < -0.39 is 12.0 Å². The summed E-state index contributed by atoms with van der Waals surface area (Å²) < 4.78 is 4.80. The van der Waals surface area contributed by atoms with E-state index in [9.17, 15) is 9.59 Å². The van der Waals surface area contributed by atoms with Crippen molar-refractivity contribution in [2.24, 2.45) is 5.92 Å². The molecule has 1 atom stereocenters. The zero-order chi connectivity index (χ0) is 19.1. The molecular weight excluding hydrogens is 330 g/mol. The second kappa shape index (κ2) is 9.57. The molecule has 1 saturated heterocycles. The van der Waals surface area contributed by atoms with Crippen molar-refractivity contribution in [2.45, 2.75) is 33.2 Å². The average molecular weight is 361 g/mol.